The molecule has 0 aliphatic rings. The fourth-order valence-corrected chi connectivity index (χ4v) is 1.14. The van der Waals surface area contributed by atoms with Crippen LogP contribution in [0.1, 0.15) is 13.8 Å². The van der Waals surface area contributed by atoms with E-state index in [9.17, 15) is 4.79 Å². The molecule has 0 saturated carbocycles. The van der Waals surface area contributed by atoms with Gasteiger partial charge in [-0.25, -0.2) is 0 Å². The molecule has 0 radical (unpaired) electrons. The monoisotopic (exact) mass is 245 g/mol. The molecule has 0 aromatic heterocycles. The second-order valence-corrected chi connectivity index (χ2v) is 3.78. The van der Waals surface area contributed by atoms with Crippen LogP contribution >= 0.6 is 0 Å². The largest absolute Gasteiger partial charge is 0.382 e. The highest BCUT2D eigenvalue weighted by molar-refractivity contribution is 5.86. The zero-order valence-corrected chi connectivity index (χ0v) is 10.9. The van der Waals surface area contributed by atoms with E-state index in [2.05, 4.69) is 11.9 Å². The van der Waals surface area contributed by atoms with Gasteiger partial charge >= 0.3 is 0 Å². The van der Waals surface area contributed by atoms with Gasteiger partial charge in [-0.05, 0) is 19.9 Å². The minimum Gasteiger partial charge on any atom is -0.382 e. The van der Waals surface area contributed by atoms with E-state index in [0.29, 0.717) is 26.4 Å². The Hall–Kier alpha value is -0.910. The molecule has 0 heterocycles. The first-order valence-electron chi connectivity index (χ1n) is 5.72. The maximum atomic E-state index is 10.8. The zero-order valence-electron chi connectivity index (χ0n) is 10.9. The molecule has 0 spiro atoms. The fourth-order valence-electron chi connectivity index (χ4n) is 1.14. The molecule has 0 aromatic rings. The second kappa shape index (κ2) is 10.3. The van der Waals surface area contributed by atoms with Crippen LogP contribution in [0.2, 0.25) is 0 Å². The Morgan fingerprint density at radius 2 is 1.94 bits per heavy atom. The number of methoxy groups -OCH3 is 1. The van der Waals surface area contributed by atoms with Crippen LogP contribution in [0, 0.1) is 0 Å². The molecular formula is C12H23NO4. The Balaban J connectivity index is 3.43. The van der Waals surface area contributed by atoms with E-state index in [1.54, 1.807) is 7.11 Å². The van der Waals surface area contributed by atoms with E-state index in [1.165, 1.54) is 6.08 Å². The number of rotatable bonds is 10. The molecule has 2 atom stereocenters. The minimum atomic E-state index is -0.189. The first kappa shape index (κ1) is 16.1. The molecule has 0 aliphatic heterocycles. The highest BCUT2D eigenvalue weighted by atomic mass is 16.6. The summed E-state index contributed by atoms with van der Waals surface area (Å²) >= 11 is 0. The van der Waals surface area contributed by atoms with Crippen LogP contribution in [0.15, 0.2) is 12.7 Å². The SMILES string of the molecule is C=CC(=O)NCCOC(C)COC(C)COC. The highest BCUT2D eigenvalue weighted by Crippen LogP contribution is 1.96. The second-order valence-electron chi connectivity index (χ2n) is 3.78. The summed E-state index contributed by atoms with van der Waals surface area (Å²) in [4.78, 5) is 10.8. The Bertz CT molecular complexity index is 221. The van der Waals surface area contributed by atoms with E-state index in [-0.39, 0.29) is 18.1 Å². The van der Waals surface area contributed by atoms with Crippen molar-refractivity contribution in [2.75, 3.05) is 33.5 Å². The maximum Gasteiger partial charge on any atom is 0.243 e. The van der Waals surface area contributed by atoms with E-state index in [4.69, 9.17) is 14.2 Å². The lowest BCUT2D eigenvalue weighted by atomic mass is 10.4. The number of amides is 1. The van der Waals surface area contributed by atoms with Gasteiger partial charge in [0.15, 0.2) is 0 Å². The Morgan fingerprint density at radius 3 is 2.53 bits per heavy atom. The van der Waals surface area contributed by atoms with Gasteiger partial charge in [0, 0.05) is 13.7 Å². The molecule has 0 rings (SSSR count). The fraction of sp³-hybridized carbons (Fsp3) is 0.750. The molecule has 0 saturated heterocycles. The molecule has 5 nitrogen and oxygen atoms in total. The summed E-state index contributed by atoms with van der Waals surface area (Å²) in [6.45, 7) is 9.25. The molecule has 0 fully saturated rings. The van der Waals surface area contributed by atoms with Crippen molar-refractivity contribution in [1.82, 2.24) is 5.32 Å². The molecule has 17 heavy (non-hydrogen) atoms. The van der Waals surface area contributed by atoms with Crippen LogP contribution in [0.5, 0.6) is 0 Å². The van der Waals surface area contributed by atoms with E-state index in [1.807, 2.05) is 13.8 Å². The van der Waals surface area contributed by atoms with Crippen molar-refractivity contribution in [3.8, 4) is 0 Å². The standard InChI is InChI=1S/C12H23NO4/c1-5-12(14)13-6-7-16-11(3)9-17-10(2)8-15-4/h5,10-11H,1,6-9H2,2-4H3,(H,13,14). The summed E-state index contributed by atoms with van der Waals surface area (Å²) in [6, 6.07) is 0. The van der Waals surface area contributed by atoms with Gasteiger partial charge in [0.2, 0.25) is 5.91 Å². The number of nitrogens with one attached hydrogen (secondary N) is 1. The van der Waals surface area contributed by atoms with E-state index in [0.717, 1.165) is 0 Å². The molecule has 2 unspecified atom stereocenters. The number of carbonyl (C=O) groups is 1. The summed E-state index contributed by atoms with van der Waals surface area (Å²) in [7, 11) is 1.64. The maximum absolute atomic E-state index is 10.8. The van der Waals surface area contributed by atoms with Gasteiger partial charge < -0.3 is 19.5 Å². The highest BCUT2D eigenvalue weighted by Gasteiger charge is 2.06. The van der Waals surface area contributed by atoms with Crippen LogP contribution in [-0.4, -0.2) is 51.6 Å². The van der Waals surface area contributed by atoms with Gasteiger partial charge in [0.05, 0.1) is 32.0 Å². The molecule has 0 bridgehead atoms. The molecule has 1 N–H and O–H groups in total. The third-order valence-electron chi connectivity index (χ3n) is 2.01. The molecular weight excluding hydrogens is 222 g/mol. The van der Waals surface area contributed by atoms with Crippen LogP contribution in [0.4, 0.5) is 0 Å². The molecule has 100 valence electrons. The third-order valence-corrected chi connectivity index (χ3v) is 2.01. The Kier molecular flexibility index (Phi) is 9.71. The van der Waals surface area contributed by atoms with Crippen LogP contribution in [0.25, 0.3) is 0 Å². The summed E-state index contributed by atoms with van der Waals surface area (Å²) in [6.07, 6.45) is 1.29. The minimum absolute atomic E-state index is 0.00469. The smallest absolute Gasteiger partial charge is 0.243 e. The lowest BCUT2D eigenvalue weighted by molar-refractivity contribution is -0.117. The van der Waals surface area contributed by atoms with Gasteiger partial charge in [-0.3, -0.25) is 4.79 Å². The lowest BCUT2D eigenvalue weighted by Crippen LogP contribution is -2.28. The van der Waals surface area contributed by atoms with Crippen molar-refractivity contribution in [2.45, 2.75) is 26.1 Å². The predicted molar refractivity (Wildman–Crippen MR) is 65.9 cm³/mol. The first-order valence-corrected chi connectivity index (χ1v) is 5.72. The Morgan fingerprint density at radius 1 is 1.29 bits per heavy atom. The summed E-state index contributed by atoms with van der Waals surface area (Å²) in [5, 5.41) is 2.63. The van der Waals surface area contributed by atoms with E-state index >= 15 is 0 Å². The summed E-state index contributed by atoms with van der Waals surface area (Å²) in [5.41, 5.74) is 0. The first-order chi connectivity index (χ1) is 8.10. The van der Waals surface area contributed by atoms with Crippen LogP contribution in [-0.2, 0) is 19.0 Å². The van der Waals surface area contributed by atoms with Crippen molar-refractivity contribution in [1.29, 1.82) is 0 Å². The van der Waals surface area contributed by atoms with Gasteiger partial charge in [-0.1, -0.05) is 6.58 Å². The summed E-state index contributed by atoms with van der Waals surface area (Å²) < 4.78 is 15.9. The van der Waals surface area contributed by atoms with Gasteiger partial charge in [0.1, 0.15) is 0 Å². The van der Waals surface area contributed by atoms with Crippen molar-refractivity contribution < 1.29 is 19.0 Å². The zero-order chi connectivity index (χ0) is 13.1. The number of hydrogen-bond donors (Lipinski definition) is 1. The molecule has 5 heteroatoms. The Labute approximate surface area is 103 Å². The van der Waals surface area contributed by atoms with Gasteiger partial charge in [-0.2, -0.15) is 0 Å². The van der Waals surface area contributed by atoms with Crippen molar-refractivity contribution >= 4 is 5.91 Å². The molecule has 1 amide bonds. The molecule has 0 aromatic carbocycles. The number of ether oxygens (including phenoxy) is 3. The average molecular weight is 245 g/mol. The third kappa shape index (κ3) is 9.99. The van der Waals surface area contributed by atoms with E-state index < -0.39 is 0 Å². The number of carbonyl (C=O) groups excluding carboxylic acids is 1. The number of hydrogen-bond acceptors (Lipinski definition) is 4. The van der Waals surface area contributed by atoms with Crippen molar-refractivity contribution in [2.24, 2.45) is 0 Å². The normalized spacial score (nSPS) is 14.1. The molecule has 0 aliphatic carbocycles. The van der Waals surface area contributed by atoms with Gasteiger partial charge in [-0.15, -0.1) is 0 Å². The van der Waals surface area contributed by atoms with Crippen molar-refractivity contribution in [3.05, 3.63) is 12.7 Å². The van der Waals surface area contributed by atoms with Crippen molar-refractivity contribution in [3.63, 3.8) is 0 Å². The quantitative estimate of drug-likeness (QED) is 0.456. The van der Waals surface area contributed by atoms with Crippen LogP contribution in [0.3, 0.4) is 0 Å². The van der Waals surface area contributed by atoms with Gasteiger partial charge in [0.25, 0.3) is 0 Å². The summed E-state index contributed by atoms with van der Waals surface area (Å²) in [5.74, 6) is -0.189. The predicted octanol–water partition coefficient (Wildman–Crippen LogP) is 0.745. The van der Waals surface area contributed by atoms with Crippen LogP contribution < -0.4 is 5.32 Å². The lowest BCUT2D eigenvalue weighted by Gasteiger charge is -2.17. The average Bonchev–Trinajstić information content (AvgIpc) is 2.32. The topological polar surface area (TPSA) is 56.8 Å².